The molecular formula is C6H5Cl2F5O2. The van der Waals surface area contributed by atoms with Crippen LogP contribution in [0.2, 0.25) is 0 Å². The number of ether oxygens (including phenoxy) is 2. The van der Waals surface area contributed by atoms with E-state index in [1.54, 1.807) is 0 Å². The Bertz CT molecular complexity index is 225. The summed E-state index contributed by atoms with van der Waals surface area (Å²) in [5, 5.41) is -9.16. The molecule has 9 heteroatoms. The highest BCUT2D eigenvalue weighted by Crippen LogP contribution is 2.52. The van der Waals surface area contributed by atoms with Gasteiger partial charge in [-0.15, -0.1) is 0 Å². The van der Waals surface area contributed by atoms with Crippen LogP contribution in [0.25, 0.3) is 0 Å². The van der Waals surface area contributed by atoms with Crippen LogP contribution >= 0.6 is 23.2 Å². The second kappa shape index (κ2) is 3.87. The predicted octanol–water partition coefficient (Wildman–Crippen LogP) is 2.73. The monoisotopic (exact) mass is 274 g/mol. The Morgan fingerprint density at radius 2 is 1.67 bits per heavy atom. The summed E-state index contributed by atoms with van der Waals surface area (Å²) in [5.41, 5.74) is 0. The van der Waals surface area contributed by atoms with Crippen LogP contribution in [0, 0.1) is 0 Å². The van der Waals surface area contributed by atoms with E-state index in [2.05, 4.69) is 32.7 Å². The van der Waals surface area contributed by atoms with Crippen molar-refractivity contribution >= 4 is 23.2 Å². The maximum Gasteiger partial charge on any atom is 0.382 e. The zero-order valence-electron chi connectivity index (χ0n) is 6.95. The van der Waals surface area contributed by atoms with Gasteiger partial charge in [-0.2, -0.15) is 17.6 Å². The van der Waals surface area contributed by atoms with Crippen molar-refractivity contribution in [3.05, 3.63) is 0 Å². The Morgan fingerprint density at radius 1 is 1.20 bits per heavy atom. The van der Waals surface area contributed by atoms with Gasteiger partial charge in [0.05, 0.1) is 6.61 Å². The lowest BCUT2D eigenvalue weighted by atomic mass is 10.3. The minimum Gasteiger partial charge on any atom is -0.335 e. The molecule has 1 unspecified atom stereocenters. The Balaban J connectivity index is 3.01. The van der Waals surface area contributed by atoms with Gasteiger partial charge in [0.15, 0.2) is 0 Å². The number of hydrogen-bond donors (Lipinski definition) is 0. The number of halogens is 7. The van der Waals surface area contributed by atoms with E-state index in [4.69, 9.17) is 0 Å². The predicted molar refractivity (Wildman–Crippen MR) is 41.1 cm³/mol. The standard InChI is InChI=1S/C6H5Cl2F5O2/c7-5(10,11)4(6(8,12)13)14-2-3(1-9)15-4/h3H,1-2H2. The molecule has 0 saturated carbocycles. The third-order valence-electron chi connectivity index (χ3n) is 1.72. The molecule has 1 saturated heterocycles. The van der Waals surface area contributed by atoms with Crippen LogP contribution in [0.3, 0.4) is 0 Å². The fraction of sp³-hybridized carbons (Fsp3) is 1.00. The second-order valence-electron chi connectivity index (χ2n) is 2.82. The molecule has 0 N–H and O–H groups in total. The topological polar surface area (TPSA) is 18.5 Å². The van der Waals surface area contributed by atoms with Gasteiger partial charge in [-0.25, -0.2) is 4.39 Å². The zero-order chi connectivity index (χ0) is 11.9. The minimum atomic E-state index is -4.58. The molecule has 1 rings (SSSR count). The minimum absolute atomic E-state index is 0.777. The Kier molecular flexibility index (Phi) is 3.41. The van der Waals surface area contributed by atoms with Crippen molar-refractivity contribution in [1.82, 2.24) is 0 Å². The van der Waals surface area contributed by atoms with Crippen molar-refractivity contribution in [2.45, 2.75) is 22.7 Å². The van der Waals surface area contributed by atoms with Crippen molar-refractivity contribution in [3.8, 4) is 0 Å². The first-order valence-corrected chi connectivity index (χ1v) is 4.41. The summed E-state index contributed by atoms with van der Waals surface area (Å²) in [7, 11) is 0. The molecule has 0 amide bonds. The smallest absolute Gasteiger partial charge is 0.335 e. The average molecular weight is 275 g/mol. The van der Waals surface area contributed by atoms with Gasteiger partial charge in [-0.3, -0.25) is 0 Å². The molecule has 90 valence electrons. The van der Waals surface area contributed by atoms with E-state index in [9.17, 15) is 22.0 Å². The summed E-state index contributed by atoms with van der Waals surface area (Å²) < 4.78 is 71.0. The number of alkyl halides is 7. The van der Waals surface area contributed by atoms with Crippen molar-refractivity contribution in [2.75, 3.05) is 13.3 Å². The molecule has 0 bridgehead atoms. The highest BCUT2D eigenvalue weighted by atomic mass is 35.5. The van der Waals surface area contributed by atoms with Gasteiger partial charge in [-0.1, -0.05) is 0 Å². The summed E-state index contributed by atoms with van der Waals surface area (Å²) >= 11 is 8.87. The lowest BCUT2D eigenvalue weighted by Gasteiger charge is -2.33. The average Bonchev–Trinajstić information content (AvgIpc) is 2.45. The number of hydrogen-bond acceptors (Lipinski definition) is 2. The van der Waals surface area contributed by atoms with Gasteiger partial charge in [0, 0.05) is 0 Å². The highest BCUT2D eigenvalue weighted by Gasteiger charge is 2.73. The fourth-order valence-corrected chi connectivity index (χ4v) is 1.53. The second-order valence-corrected chi connectivity index (χ2v) is 3.77. The van der Waals surface area contributed by atoms with Crippen LogP contribution in [0.4, 0.5) is 22.0 Å². The van der Waals surface area contributed by atoms with Gasteiger partial charge >= 0.3 is 16.6 Å². The molecule has 2 nitrogen and oxygen atoms in total. The summed E-state index contributed by atoms with van der Waals surface area (Å²) in [6.45, 7) is -2.04. The molecule has 1 fully saturated rings. The van der Waals surface area contributed by atoms with Gasteiger partial charge < -0.3 is 9.47 Å². The van der Waals surface area contributed by atoms with Crippen LogP contribution in [0.5, 0.6) is 0 Å². The maximum absolute atomic E-state index is 12.7. The highest BCUT2D eigenvalue weighted by molar-refractivity contribution is 6.26. The maximum atomic E-state index is 12.7. The zero-order valence-corrected chi connectivity index (χ0v) is 8.47. The molecule has 0 aromatic rings. The van der Waals surface area contributed by atoms with Crippen LogP contribution in [0.1, 0.15) is 0 Å². The van der Waals surface area contributed by atoms with Crippen molar-refractivity contribution < 1.29 is 31.4 Å². The molecule has 0 radical (unpaired) electrons. The number of rotatable bonds is 3. The largest absolute Gasteiger partial charge is 0.382 e. The third kappa shape index (κ3) is 2.15. The summed E-state index contributed by atoms with van der Waals surface area (Å²) in [6.07, 6.45) is -1.54. The van der Waals surface area contributed by atoms with E-state index in [1.807, 2.05) is 0 Å². The molecule has 1 aliphatic rings. The fourth-order valence-electron chi connectivity index (χ4n) is 1.05. The molecule has 0 aromatic carbocycles. The van der Waals surface area contributed by atoms with E-state index in [1.165, 1.54) is 0 Å². The first-order valence-electron chi connectivity index (χ1n) is 3.65. The summed E-state index contributed by atoms with van der Waals surface area (Å²) in [5.74, 6) is -3.83. The van der Waals surface area contributed by atoms with Gasteiger partial charge in [-0.05, 0) is 23.2 Å². The molecule has 0 spiro atoms. The quantitative estimate of drug-likeness (QED) is 0.582. The molecule has 1 aliphatic heterocycles. The van der Waals surface area contributed by atoms with Gasteiger partial charge in [0.1, 0.15) is 12.8 Å². The molecule has 0 aliphatic carbocycles. The van der Waals surface area contributed by atoms with E-state index in [0.29, 0.717) is 0 Å². The molecular weight excluding hydrogens is 270 g/mol. The lowest BCUT2D eigenvalue weighted by Crippen LogP contribution is -2.57. The molecule has 15 heavy (non-hydrogen) atoms. The van der Waals surface area contributed by atoms with Crippen LogP contribution < -0.4 is 0 Å². The lowest BCUT2D eigenvalue weighted by molar-refractivity contribution is -0.329. The molecule has 1 atom stereocenters. The van der Waals surface area contributed by atoms with Crippen LogP contribution in [0.15, 0.2) is 0 Å². The third-order valence-corrected chi connectivity index (χ3v) is 2.22. The molecule has 1 heterocycles. The summed E-state index contributed by atoms with van der Waals surface area (Å²) in [6, 6.07) is 0. The normalized spacial score (nSPS) is 27.0. The Hall–Kier alpha value is 0.150. The van der Waals surface area contributed by atoms with Crippen LogP contribution in [-0.2, 0) is 9.47 Å². The van der Waals surface area contributed by atoms with E-state index in [0.717, 1.165) is 0 Å². The summed E-state index contributed by atoms with van der Waals surface area (Å²) in [4.78, 5) is 0. The van der Waals surface area contributed by atoms with E-state index >= 15 is 0 Å². The van der Waals surface area contributed by atoms with Gasteiger partial charge in [0.2, 0.25) is 0 Å². The van der Waals surface area contributed by atoms with Gasteiger partial charge in [0.25, 0.3) is 0 Å². The SMILES string of the molecule is FCC1COC(C(F)(F)Cl)(C(F)(F)Cl)O1. The Labute approximate surface area is 91.2 Å². The van der Waals surface area contributed by atoms with Crippen molar-refractivity contribution in [2.24, 2.45) is 0 Å². The van der Waals surface area contributed by atoms with Crippen LogP contribution in [-0.4, -0.2) is 35.9 Å². The Morgan fingerprint density at radius 3 is 1.87 bits per heavy atom. The van der Waals surface area contributed by atoms with E-state index < -0.39 is 35.9 Å². The van der Waals surface area contributed by atoms with E-state index in [-0.39, 0.29) is 0 Å². The first-order chi connectivity index (χ1) is 6.64. The molecule has 0 aromatic heterocycles. The van der Waals surface area contributed by atoms with Crippen molar-refractivity contribution in [1.29, 1.82) is 0 Å². The van der Waals surface area contributed by atoms with Crippen molar-refractivity contribution in [3.63, 3.8) is 0 Å². The first kappa shape index (κ1) is 13.2.